The van der Waals surface area contributed by atoms with Crippen molar-refractivity contribution in [3.63, 3.8) is 0 Å². The summed E-state index contributed by atoms with van der Waals surface area (Å²) in [6, 6.07) is 7.81. The van der Waals surface area contributed by atoms with E-state index >= 15 is 0 Å². The summed E-state index contributed by atoms with van der Waals surface area (Å²) >= 11 is 8.69. The van der Waals surface area contributed by atoms with Crippen LogP contribution in [0.25, 0.3) is 0 Å². The van der Waals surface area contributed by atoms with Crippen molar-refractivity contribution in [3.8, 4) is 5.88 Å². The molecular weight excluding hydrogens is 430 g/mol. The Balaban J connectivity index is 1.38. The molecule has 2 aromatic rings. The number of carbonyl (C=O) groups is 1. The van der Waals surface area contributed by atoms with Gasteiger partial charge in [0.2, 0.25) is 0 Å². The van der Waals surface area contributed by atoms with Gasteiger partial charge >= 0.3 is 6.09 Å². The van der Waals surface area contributed by atoms with Gasteiger partial charge in [0.05, 0.1) is 17.8 Å². The van der Waals surface area contributed by atoms with Gasteiger partial charge in [0.15, 0.2) is 5.03 Å². The fraction of sp³-hybridized carbons (Fsp3) is 0.550. The first-order valence-corrected chi connectivity index (χ1v) is 11.7. The van der Waals surface area contributed by atoms with Gasteiger partial charge in [-0.25, -0.2) is 4.79 Å². The second-order valence-corrected chi connectivity index (χ2v) is 10.4. The molecule has 1 aromatic carbocycles. The summed E-state index contributed by atoms with van der Waals surface area (Å²) in [7, 11) is 0. The Hall–Kier alpha value is -1.51. The van der Waals surface area contributed by atoms with Crippen molar-refractivity contribution in [2.45, 2.75) is 62.1 Å². The maximum Gasteiger partial charge on any atom is 0.410 e. The Kier molecular flexibility index (Phi) is 5.95. The number of aromatic nitrogens is 2. The predicted molar refractivity (Wildman–Crippen MR) is 115 cm³/mol. The normalized spacial score (nSPS) is 23.4. The first-order valence-electron chi connectivity index (χ1n) is 9.64. The quantitative estimate of drug-likeness (QED) is 0.575. The molecule has 1 aliphatic heterocycles. The molecule has 6 nitrogen and oxygen atoms in total. The van der Waals surface area contributed by atoms with Gasteiger partial charge in [0.1, 0.15) is 11.7 Å². The van der Waals surface area contributed by atoms with Gasteiger partial charge < -0.3 is 14.4 Å². The van der Waals surface area contributed by atoms with E-state index in [2.05, 4.69) is 8.75 Å². The number of halogens is 1. The van der Waals surface area contributed by atoms with Crippen molar-refractivity contribution < 1.29 is 14.3 Å². The van der Waals surface area contributed by atoms with Crippen LogP contribution < -0.4 is 4.74 Å². The molecular formula is C20H24ClN3O3S2. The smallest absolute Gasteiger partial charge is 0.410 e. The Bertz CT molecular complexity index is 869. The molecule has 4 rings (SSSR count). The number of nitrogens with zero attached hydrogens (tertiary/aromatic N) is 3. The van der Waals surface area contributed by atoms with Gasteiger partial charge in [-0.2, -0.15) is 4.37 Å². The average Bonchev–Trinajstić information content (AvgIpc) is 3.36. The van der Waals surface area contributed by atoms with E-state index < -0.39 is 5.60 Å². The van der Waals surface area contributed by atoms with Crippen molar-refractivity contribution in [2.24, 2.45) is 5.92 Å². The Morgan fingerprint density at radius 1 is 1.28 bits per heavy atom. The van der Waals surface area contributed by atoms with Gasteiger partial charge in [-0.05, 0) is 57.2 Å². The summed E-state index contributed by atoms with van der Waals surface area (Å²) in [5.74, 6) is 1.78. The van der Waals surface area contributed by atoms with Gasteiger partial charge in [0.25, 0.3) is 5.88 Å². The van der Waals surface area contributed by atoms with Crippen LogP contribution in [0.3, 0.4) is 0 Å². The number of hydrogen-bond donors (Lipinski definition) is 0. The lowest BCUT2D eigenvalue weighted by molar-refractivity contribution is 0.00182. The van der Waals surface area contributed by atoms with Crippen molar-refractivity contribution in [1.29, 1.82) is 0 Å². The maximum atomic E-state index is 12.6. The van der Waals surface area contributed by atoms with Crippen molar-refractivity contribution in [3.05, 3.63) is 34.9 Å². The van der Waals surface area contributed by atoms with Crippen LogP contribution in [0, 0.1) is 5.92 Å². The summed E-state index contributed by atoms with van der Waals surface area (Å²) in [5, 5.41) is 1.51. The number of fused-ring (bicyclic) bond motifs is 2. The van der Waals surface area contributed by atoms with E-state index in [0.29, 0.717) is 11.8 Å². The molecule has 156 valence electrons. The standard InChI is InChI=1S/C20H24ClN3O3S2/c1-20(2,3)27-19(25)24-10-13-8-15(24)16(9-13)26-17-18(23-29-22-17)28-11-12-4-6-14(21)7-5-12/h4-7,13,15-16H,8-11H2,1-3H3/t13-,15+,16+/m1/s1. The van der Waals surface area contributed by atoms with Gasteiger partial charge in [0, 0.05) is 17.3 Å². The van der Waals surface area contributed by atoms with Crippen LogP contribution in [-0.2, 0) is 10.5 Å². The number of amides is 1. The van der Waals surface area contributed by atoms with Crippen LogP contribution in [0.2, 0.25) is 5.02 Å². The highest BCUT2D eigenvalue weighted by atomic mass is 35.5. The third-order valence-corrected chi connectivity index (χ3v) is 6.93. The molecule has 1 saturated heterocycles. The van der Waals surface area contributed by atoms with Gasteiger partial charge in [-0.3, -0.25) is 0 Å². The molecule has 2 fully saturated rings. The van der Waals surface area contributed by atoms with Gasteiger partial charge in [-0.15, -0.1) is 4.37 Å². The molecule has 2 heterocycles. The van der Waals surface area contributed by atoms with Crippen LogP contribution in [0.15, 0.2) is 29.3 Å². The second kappa shape index (κ2) is 8.32. The molecule has 9 heteroatoms. The third kappa shape index (κ3) is 4.98. The molecule has 1 aromatic heterocycles. The van der Waals surface area contributed by atoms with E-state index in [1.165, 1.54) is 0 Å². The molecule has 0 radical (unpaired) electrons. The molecule has 1 aliphatic carbocycles. The highest BCUT2D eigenvalue weighted by molar-refractivity contribution is 7.98. The van der Waals surface area contributed by atoms with Crippen LogP contribution in [0.5, 0.6) is 5.88 Å². The van der Waals surface area contributed by atoms with E-state index in [4.69, 9.17) is 21.1 Å². The molecule has 0 spiro atoms. The number of hydrogen-bond acceptors (Lipinski definition) is 7. The number of thioether (sulfide) groups is 1. The Morgan fingerprint density at radius 2 is 2.03 bits per heavy atom. The Labute approximate surface area is 184 Å². The van der Waals surface area contributed by atoms with Crippen LogP contribution in [0.4, 0.5) is 4.79 Å². The number of likely N-dealkylation sites (tertiary alicyclic amines) is 1. The van der Waals surface area contributed by atoms with Gasteiger partial charge in [-0.1, -0.05) is 35.5 Å². The summed E-state index contributed by atoms with van der Waals surface area (Å²) in [6.07, 6.45) is 1.56. The molecule has 1 amide bonds. The van der Waals surface area contributed by atoms with E-state index in [1.54, 1.807) is 11.8 Å². The third-order valence-electron chi connectivity index (χ3n) is 5.04. The highest BCUT2D eigenvalue weighted by Crippen LogP contribution is 2.41. The fourth-order valence-electron chi connectivity index (χ4n) is 3.83. The summed E-state index contributed by atoms with van der Waals surface area (Å²) in [4.78, 5) is 14.4. The molecule has 2 bridgehead atoms. The number of benzene rings is 1. The maximum absolute atomic E-state index is 12.6. The molecule has 0 N–H and O–H groups in total. The summed E-state index contributed by atoms with van der Waals surface area (Å²) in [5.41, 5.74) is 0.661. The van der Waals surface area contributed by atoms with Crippen molar-refractivity contribution >= 4 is 41.2 Å². The molecule has 29 heavy (non-hydrogen) atoms. The van der Waals surface area contributed by atoms with Crippen LogP contribution in [0.1, 0.15) is 39.2 Å². The number of ether oxygens (including phenoxy) is 2. The second-order valence-electron chi connectivity index (χ2n) is 8.48. The highest BCUT2D eigenvalue weighted by Gasteiger charge is 2.49. The van der Waals surface area contributed by atoms with Crippen LogP contribution >= 0.6 is 35.1 Å². The lowest BCUT2D eigenvalue weighted by atomic mass is 10.1. The number of piperidine rings is 1. The van der Waals surface area contributed by atoms with E-state index in [1.807, 2.05) is 49.9 Å². The summed E-state index contributed by atoms with van der Waals surface area (Å²) in [6.45, 7) is 6.40. The minimum absolute atomic E-state index is 0.0330. The molecule has 3 atom stereocenters. The topological polar surface area (TPSA) is 64.5 Å². The first kappa shape index (κ1) is 20.8. The zero-order chi connectivity index (χ0) is 20.6. The first-order chi connectivity index (χ1) is 13.8. The average molecular weight is 454 g/mol. The molecule has 0 unspecified atom stereocenters. The zero-order valence-corrected chi connectivity index (χ0v) is 19.0. The molecule has 1 saturated carbocycles. The largest absolute Gasteiger partial charge is 0.470 e. The van der Waals surface area contributed by atoms with E-state index in [-0.39, 0.29) is 18.2 Å². The number of carbonyl (C=O) groups excluding carboxylic acids is 1. The summed E-state index contributed by atoms with van der Waals surface area (Å²) < 4.78 is 20.6. The Morgan fingerprint density at radius 3 is 2.72 bits per heavy atom. The van der Waals surface area contributed by atoms with E-state index in [9.17, 15) is 4.79 Å². The van der Waals surface area contributed by atoms with E-state index in [0.717, 1.165) is 52.5 Å². The lowest BCUT2D eigenvalue weighted by Gasteiger charge is -2.34. The minimum Gasteiger partial charge on any atom is -0.470 e. The number of rotatable bonds is 5. The predicted octanol–water partition coefficient (Wildman–Crippen LogP) is 5.26. The van der Waals surface area contributed by atoms with Crippen molar-refractivity contribution in [2.75, 3.05) is 6.54 Å². The minimum atomic E-state index is -0.500. The monoisotopic (exact) mass is 453 g/mol. The van der Waals surface area contributed by atoms with Crippen molar-refractivity contribution in [1.82, 2.24) is 13.6 Å². The molecule has 2 aliphatic rings. The van der Waals surface area contributed by atoms with Crippen LogP contribution in [-0.4, -0.2) is 44.0 Å². The zero-order valence-electron chi connectivity index (χ0n) is 16.6. The fourth-order valence-corrected chi connectivity index (χ4v) is 5.44. The SMILES string of the molecule is CC(C)(C)OC(=O)N1C[C@H]2C[C@H](Oc3nsnc3SCc3ccc(Cl)cc3)[C@@H]1C2. The lowest BCUT2D eigenvalue weighted by Crippen LogP contribution is -2.48.